The maximum atomic E-state index is 14.4. The van der Waals surface area contributed by atoms with E-state index in [1.54, 1.807) is 11.0 Å². The predicted octanol–water partition coefficient (Wildman–Crippen LogP) is 1.94. The number of nitrogens with two attached hydrogens (primary N) is 1. The lowest BCUT2D eigenvalue weighted by Crippen LogP contribution is -2.34. The molecule has 4 rings (SSSR count). The Kier molecular flexibility index (Phi) is 4.53. The van der Waals surface area contributed by atoms with Crippen molar-refractivity contribution in [2.24, 2.45) is 17.6 Å². The summed E-state index contributed by atoms with van der Waals surface area (Å²) in [6, 6.07) is 3.02. The second-order valence-corrected chi connectivity index (χ2v) is 6.91. The van der Waals surface area contributed by atoms with Crippen LogP contribution in [0.25, 0.3) is 0 Å². The van der Waals surface area contributed by atoms with Crippen LogP contribution < -0.4 is 11.1 Å². The van der Waals surface area contributed by atoms with E-state index < -0.39 is 5.82 Å². The first-order valence-electron chi connectivity index (χ1n) is 8.20. The van der Waals surface area contributed by atoms with Crippen molar-refractivity contribution in [1.82, 2.24) is 4.90 Å². The molecule has 2 aliphatic heterocycles. The predicted molar refractivity (Wildman–Crippen MR) is 90.7 cm³/mol. The van der Waals surface area contributed by atoms with Gasteiger partial charge in [0.05, 0.1) is 5.56 Å². The summed E-state index contributed by atoms with van der Waals surface area (Å²) in [5, 5.41) is 2.65. The zero-order valence-electron chi connectivity index (χ0n) is 13.3. The number of carbonyl (C=O) groups excluding carboxylic acids is 2. The first-order valence-corrected chi connectivity index (χ1v) is 8.20. The van der Waals surface area contributed by atoms with Gasteiger partial charge in [-0.2, -0.15) is 0 Å². The highest BCUT2D eigenvalue weighted by atomic mass is 35.5. The number of benzene rings is 1. The standard InChI is InChI=1S/C17H20FN3O2.ClH/c18-13-6-15-9(2-4-16(22)20-15)5-11(13)17(23)21-7-10-1-3-14(19)12(10)8-21;/h5-6,10,12,14H,1-4,7-8,19H2,(H,20,22);1H. The summed E-state index contributed by atoms with van der Waals surface area (Å²) in [6.07, 6.45) is 2.98. The smallest absolute Gasteiger partial charge is 0.256 e. The van der Waals surface area contributed by atoms with Crippen molar-refractivity contribution in [2.75, 3.05) is 18.4 Å². The molecular formula is C17H21ClFN3O2. The van der Waals surface area contributed by atoms with Gasteiger partial charge in [-0.1, -0.05) is 0 Å². The molecule has 3 atom stereocenters. The van der Waals surface area contributed by atoms with E-state index in [1.165, 1.54) is 6.07 Å². The number of hydrogen-bond acceptors (Lipinski definition) is 3. The van der Waals surface area contributed by atoms with E-state index in [4.69, 9.17) is 5.73 Å². The molecule has 1 saturated carbocycles. The molecule has 1 aromatic carbocycles. The number of carbonyl (C=O) groups is 2. The third-order valence-corrected chi connectivity index (χ3v) is 5.52. The number of aryl methyl sites for hydroxylation is 1. The van der Waals surface area contributed by atoms with E-state index in [0.29, 0.717) is 43.5 Å². The van der Waals surface area contributed by atoms with Crippen molar-refractivity contribution in [3.63, 3.8) is 0 Å². The molecular weight excluding hydrogens is 333 g/mol. The number of nitrogens with zero attached hydrogens (tertiary/aromatic N) is 1. The van der Waals surface area contributed by atoms with Gasteiger partial charge in [0, 0.05) is 31.2 Å². The van der Waals surface area contributed by atoms with Crippen molar-refractivity contribution in [3.05, 3.63) is 29.1 Å². The van der Waals surface area contributed by atoms with Gasteiger partial charge in [0.25, 0.3) is 5.91 Å². The Morgan fingerprint density at radius 3 is 2.79 bits per heavy atom. The Morgan fingerprint density at radius 2 is 2.04 bits per heavy atom. The second kappa shape index (κ2) is 6.33. The molecule has 5 nitrogen and oxygen atoms in total. The zero-order chi connectivity index (χ0) is 16.1. The number of hydrogen-bond donors (Lipinski definition) is 2. The first-order chi connectivity index (χ1) is 11.0. The van der Waals surface area contributed by atoms with Gasteiger partial charge in [-0.3, -0.25) is 9.59 Å². The van der Waals surface area contributed by atoms with E-state index in [2.05, 4.69) is 5.32 Å². The number of rotatable bonds is 1. The summed E-state index contributed by atoms with van der Waals surface area (Å²) in [7, 11) is 0. The van der Waals surface area contributed by atoms with Crippen LogP contribution in [-0.2, 0) is 11.2 Å². The van der Waals surface area contributed by atoms with E-state index >= 15 is 0 Å². The third-order valence-electron chi connectivity index (χ3n) is 5.52. The average molecular weight is 354 g/mol. The van der Waals surface area contributed by atoms with Crippen molar-refractivity contribution < 1.29 is 14.0 Å². The minimum atomic E-state index is -0.572. The number of halogens is 2. The van der Waals surface area contributed by atoms with Crippen LogP contribution >= 0.6 is 12.4 Å². The topological polar surface area (TPSA) is 75.4 Å². The number of nitrogens with one attached hydrogen (secondary N) is 1. The van der Waals surface area contributed by atoms with Gasteiger partial charge in [0.1, 0.15) is 5.82 Å². The maximum absolute atomic E-state index is 14.4. The fraction of sp³-hybridized carbons (Fsp3) is 0.529. The Hall–Kier alpha value is -1.66. The van der Waals surface area contributed by atoms with Gasteiger partial charge in [-0.25, -0.2) is 4.39 Å². The summed E-state index contributed by atoms with van der Waals surface area (Å²) in [5.41, 5.74) is 7.51. The fourth-order valence-corrected chi connectivity index (χ4v) is 4.21. The summed E-state index contributed by atoms with van der Waals surface area (Å²) < 4.78 is 14.4. The minimum Gasteiger partial charge on any atom is -0.338 e. The van der Waals surface area contributed by atoms with Gasteiger partial charge in [-0.05, 0) is 48.8 Å². The maximum Gasteiger partial charge on any atom is 0.256 e. The molecule has 0 spiro atoms. The van der Waals surface area contributed by atoms with Crippen molar-refractivity contribution in [2.45, 2.75) is 31.7 Å². The summed E-state index contributed by atoms with van der Waals surface area (Å²) >= 11 is 0. The lowest BCUT2D eigenvalue weighted by molar-refractivity contribution is -0.116. The number of amides is 2. The Labute approximate surface area is 146 Å². The zero-order valence-corrected chi connectivity index (χ0v) is 14.1. The highest BCUT2D eigenvalue weighted by Gasteiger charge is 2.43. The SMILES string of the molecule is Cl.NC1CCC2CN(C(=O)c3cc4c(cc3F)NC(=O)CC4)CC12. The van der Waals surface area contributed by atoms with E-state index in [0.717, 1.165) is 18.4 Å². The van der Waals surface area contributed by atoms with Crippen molar-refractivity contribution in [1.29, 1.82) is 0 Å². The Bertz CT molecular complexity index is 697. The third kappa shape index (κ3) is 2.78. The Morgan fingerprint density at radius 1 is 1.25 bits per heavy atom. The summed E-state index contributed by atoms with van der Waals surface area (Å²) in [4.78, 5) is 25.8. The molecule has 1 aliphatic carbocycles. The first kappa shape index (κ1) is 17.2. The van der Waals surface area contributed by atoms with Crippen LogP contribution in [0.2, 0.25) is 0 Å². The Balaban J connectivity index is 0.00000169. The van der Waals surface area contributed by atoms with Crippen LogP contribution in [-0.4, -0.2) is 35.8 Å². The van der Waals surface area contributed by atoms with Crippen LogP contribution in [0.15, 0.2) is 12.1 Å². The van der Waals surface area contributed by atoms with Gasteiger partial charge in [-0.15, -0.1) is 12.4 Å². The van der Waals surface area contributed by atoms with Gasteiger partial charge >= 0.3 is 0 Å². The van der Waals surface area contributed by atoms with E-state index in [9.17, 15) is 14.0 Å². The summed E-state index contributed by atoms with van der Waals surface area (Å²) in [5.74, 6) is -0.147. The molecule has 0 radical (unpaired) electrons. The van der Waals surface area contributed by atoms with Gasteiger partial charge in [0.15, 0.2) is 0 Å². The molecule has 2 heterocycles. The summed E-state index contributed by atoms with van der Waals surface area (Å²) in [6.45, 7) is 1.29. The highest BCUT2D eigenvalue weighted by molar-refractivity contribution is 5.98. The molecule has 2 amide bonds. The van der Waals surface area contributed by atoms with Crippen molar-refractivity contribution >= 4 is 29.9 Å². The van der Waals surface area contributed by atoms with Crippen molar-refractivity contribution in [3.8, 4) is 0 Å². The molecule has 1 saturated heterocycles. The van der Waals surface area contributed by atoms with E-state index in [1.807, 2.05) is 0 Å². The number of likely N-dealkylation sites (tertiary alicyclic amines) is 1. The van der Waals surface area contributed by atoms with Crippen LogP contribution in [0.3, 0.4) is 0 Å². The second-order valence-electron chi connectivity index (χ2n) is 6.91. The molecule has 1 aromatic rings. The number of anilines is 1. The van der Waals surface area contributed by atoms with Crippen LogP contribution in [0, 0.1) is 17.7 Å². The van der Waals surface area contributed by atoms with Crippen LogP contribution in [0.1, 0.15) is 35.2 Å². The minimum absolute atomic E-state index is 0. The molecule has 0 aromatic heterocycles. The highest BCUT2D eigenvalue weighted by Crippen LogP contribution is 2.38. The van der Waals surface area contributed by atoms with Gasteiger partial charge < -0.3 is 16.0 Å². The molecule has 2 fully saturated rings. The average Bonchev–Trinajstić information content (AvgIpc) is 3.08. The molecule has 130 valence electrons. The molecule has 3 aliphatic rings. The quantitative estimate of drug-likeness (QED) is 0.810. The van der Waals surface area contributed by atoms with Crippen LogP contribution in [0.5, 0.6) is 0 Å². The molecule has 3 N–H and O–H groups in total. The molecule has 24 heavy (non-hydrogen) atoms. The lowest BCUT2D eigenvalue weighted by atomic mass is 9.98. The lowest BCUT2D eigenvalue weighted by Gasteiger charge is -2.22. The van der Waals surface area contributed by atoms with Gasteiger partial charge in [0.2, 0.25) is 5.91 Å². The monoisotopic (exact) mass is 353 g/mol. The van der Waals surface area contributed by atoms with Crippen LogP contribution in [0.4, 0.5) is 10.1 Å². The molecule has 7 heteroatoms. The largest absolute Gasteiger partial charge is 0.338 e. The molecule has 0 bridgehead atoms. The normalized spacial score (nSPS) is 28.0. The molecule has 3 unspecified atom stereocenters. The fourth-order valence-electron chi connectivity index (χ4n) is 4.21. The van der Waals surface area contributed by atoms with E-state index in [-0.39, 0.29) is 35.8 Å². The number of fused-ring (bicyclic) bond motifs is 2.